The van der Waals surface area contributed by atoms with Gasteiger partial charge in [0, 0.05) is 6.20 Å². The van der Waals surface area contributed by atoms with E-state index in [0.717, 1.165) is 10.6 Å². The third kappa shape index (κ3) is 1.89. The molecule has 3 nitrogen and oxygen atoms in total. The van der Waals surface area contributed by atoms with E-state index in [4.69, 9.17) is 0 Å². The maximum absolute atomic E-state index is 10.6. The average molecular weight is 224 g/mol. The Balaban J connectivity index is 2.39. The zero-order valence-electron chi connectivity index (χ0n) is 7.04. The number of nitrogens with zero attached hydrogens (tertiary/aromatic N) is 1. The van der Waals surface area contributed by atoms with Crippen LogP contribution >= 0.6 is 11.3 Å². The molecule has 2 aromatic heterocycles. The fourth-order valence-corrected chi connectivity index (χ4v) is 2.49. The first-order valence-corrected chi connectivity index (χ1v) is 5.77. The summed E-state index contributed by atoms with van der Waals surface area (Å²) in [6.07, 6.45) is 1.68. The van der Waals surface area contributed by atoms with Gasteiger partial charge in [0.1, 0.15) is 0 Å². The monoisotopic (exact) mass is 224 g/mol. The maximum Gasteiger partial charge on any atom is 0.0802 e. The van der Waals surface area contributed by atoms with Crippen molar-refractivity contribution in [1.29, 1.82) is 0 Å². The van der Waals surface area contributed by atoms with E-state index < -0.39 is 11.1 Å². The van der Waals surface area contributed by atoms with Crippen molar-refractivity contribution in [3.63, 3.8) is 0 Å². The van der Waals surface area contributed by atoms with Crippen LogP contribution in [0.5, 0.6) is 0 Å². The normalized spacial score (nSPS) is 12.6. The third-order valence-corrected chi connectivity index (χ3v) is 3.69. The highest BCUT2D eigenvalue weighted by Crippen LogP contribution is 2.27. The highest BCUT2D eigenvalue weighted by atomic mass is 32.2. The Morgan fingerprint density at radius 1 is 1.29 bits per heavy atom. The second kappa shape index (κ2) is 4.00. The Bertz CT molecular complexity index is 453. The molecule has 0 aliphatic rings. The molecule has 0 aromatic carbocycles. The van der Waals surface area contributed by atoms with Crippen molar-refractivity contribution >= 4 is 22.4 Å². The minimum Gasteiger partial charge on any atom is -0.768 e. The number of hydrogen-bond acceptors (Lipinski definition) is 4. The Morgan fingerprint density at radius 2 is 2.14 bits per heavy atom. The molecule has 2 heterocycles. The molecule has 0 radical (unpaired) electrons. The molecule has 1 unspecified atom stereocenters. The average Bonchev–Trinajstić information content (AvgIpc) is 2.68. The van der Waals surface area contributed by atoms with Crippen molar-refractivity contribution in [3.05, 3.63) is 36.5 Å². The van der Waals surface area contributed by atoms with Crippen molar-refractivity contribution in [3.8, 4) is 10.6 Å². The number of rotatable bonds is 2. The first kappa shape index (κ1) is 9.51. The minimum atomic E-state index is -2.14. The predicted octanol–water partition coefficient (Wildman–Crippen LogP) is 2.05. The molecule has 1 atom stereocenters. The van der Waals surface area contributed by atoms with Crippen LogP contribution in [0.25, 0.3) is 10.6 Å². The molecule has 0 aliphatic heterocycles. The van der Waals surface area contributed by atoms with Crippen LogP contribution < -0.4 is 0 Å². The lowest BCUT2D eigenvalue weighted by Gasteiger charge is -1.98. The molecule has 0 amide bonds. The number of thiophene rings is 1. The SMILES string of the molecule is O=S([O-])c1ccc(-c2ccccn2)s1. The summed E-state index contributed by atoms with van der Waals surface area (Å²) < 4.78 is 21.6. The molecular formula is C9H6NO2S2-. The van der Waals surface area contributed by atoms with Gasteiger partial charge in [-0.3, -0.25) is 9.19 Å². The fraction of sp³-hybridized carbons (Fsp3) is 0. The highest BCUT2D eigenvalue weighted by Gasteiger charge is 2.02. The molecule has 72 valence electrons. The van der Waals surface area contributed by atoms with E-state index in [0.29, 0.717) is 4.21 Å². The Hall–Kier alpha value is -1.04. The van der Waals surface area contributed by atoms with Crippen LogP contribution in [0, 0.1) is 0 Å². The van der Waals surface area contributed by atoms with Gasteiger partial charge in [0.25, 0.3) is 0 Å². The summed E-state index contributed by atoms with van der Waals surface area (Å²) >= 11 is -0.922. The van der Waals surface area contributed by atoms with Crippen molar-refractivity contribution in [1.82, 2.24) is 4.98 Å². The quantitative estimate of drug-likeness (QED) is 0.733. The molecule has 0 aliphatic carbocycles. The molecule has 0 bridgehead atoms. The van der Waals surface area contributed by atoms with Gasteiger partial charge in [-0.25, -0.2) is 0 Å². The largest absolute Gasteiger partial charge is 0.768 e. The lowest BCUT2D eigenvalue weighted by molar-refractivity contribution is 0.539. The number of pyridine rings is 1. The summed E-state index contributed by atoms with van der Waals surface area (Å²) in [6.45, 7) is 0. The Morgan fingerprint density at radius 3 is 2.71 bits per heavy atom. The molecule has 0 N–H and O–H groups in total. The Labute approximate surface area is 87.7 Å². The van der Waals surface area contributed by atoms with Crippen molar-refractivity contribution in [2.24, 2.45) is 0 Å². The molecule has 0 spiro atoms. The first-order chi connectivity index (χ1) is 6.77. The maximum atomic E-state index is 10.6. The van der Waals surface area contributed by atoms with Crippen molar-refractivity contribution in [2.75, 3.05) is 0 Å². The zero-order chi connectivity index (χ0) is 9.97. The van der Waals surface area contributed by atoms with Gasteiger partial charge in [0.2, 0.25) is 0 Å². The topological polar surface area (TPSA) is 53.0 Å². The first-order valence-electron chi connectivity index (χ1n) is 3.88. The molecule has 2 aromatic rings. The van der Waals surface area contributed by atoms with Gasteiger partial charge >= 0.3 is 0 Å². The predicted molar refractivity (Wildman–Crippen MR) is 54.7 cm³/mol. The summed E-state index contributed by atoms with van der Waals surface area (Å²) in [5.41, 5.74) is 0.800. The van der Waals surface area contributed by atoms with Crippen molar-refractivity contribution < 1.29 is 8.76 Å². The number of hydrogen-bond donors (Lipinski definition) is 0. The van der Waals surface area contributed by atoms with E-state index in [1.807, 2.05) is 18.2 Å². The van der Waals surface area contributed by atoms with Gasteiger partial charge in [-0.1, -0.05) is 6.07 Å². The zero-order valence-corrected chi connectivity index (χ0v) is 8.68. The van der Waals surface area contributed by atoms with Gasteiger partial charge < -0.3 is 4.55 Å². The van der Waals surface area contributed by atoms with Crippen molar-refractivity contribution in [2.45, 2.75) is 4.21 Å². The molecule has 2 rings (SSSR count). The standard InChI is InChI=1S/C9H7NO2S2/c11-14(12)9-5-4-8(13-9)7-3-1-2-6-10-7/h1-6H,(H,11,12)/p-1. The van der Waals surface area contributed by atoms with Crippen LogP contribution in [0.2, 0.25) is 0 Å². The fourth-order valence-electron chi connectivity index (χ4n) is 1.06. The van der Waals surface area contributed by atoms with E-state index in [1.165, 1.54) is 11.3 Å². The second-order valence-electron chi connectivity index (χ2n) is 2.57. The summed E-state index contributed by atoms with van der Waals surface area (Å²) in [6, 6.07) is 8.89. The summed E-state index contributed by atoms with van der Waals surface area (Å²) in [5.74, 6) is 0. The van der Waals surface area contributed by atoms with Gasteiger partial charge in [-0.15, -0.1) is 11.3 Å². The highest BCUT2D eigenvalue weighted by molar-refractivity contribution is 7.81. The summed E-state index contributed by atoms with van der Waals surface area (Å²) in [7, 11) is 0. The van der Waals surface area contributed by atoms with Crippen LogP contribution in [-0.2, 0) is 11.1 Å². The third-order valence-electron chi connectivity index (χ3n) is 1.66. The van der Waals surface area contributed by atoms with Gasteiger partial charge in [0.15, 0.2) is 0 Å². The lowest BCUT2D eigenvalue weighted by atomic mass is 10.3. The summed E-state index contributed by atoms with van der Waals surface area (Å²) in [4.78, 5) is 5.00. The second-order valence-corrected chi connectivity index (χ2v) is 4.82. The summed E-state index contributed by atoms with van der Waals surface area (Å²) in [5, 5.41) is 0. The molecule has 5 heteroatoms. The van der Waals surface area contributed by atoms with E-state index in [-0.39, 0.29) is 0 Å². The number of aromatic nitrogens is 1. The molecule has 0 saturated heterocycles. The van der Waals surface area contributed by atoms with Crippen LogP contribution in [0.3, 0.4) is 0 Å². The molecule has 0 saturated carbocycles. The van der Waals surface area contributed by atoms with Crippen LogP contribution in [-0.4, -0.2) is 13.7 Å². The van der Waals surface area contributed by atoms with E-state index in [9.17, 15) is 8.76 Å². The van der Waals surface area contributed by atoms with Gasteiger partial charge in [-0.2, -0.15) is 0 Å². The lowest BCUT2D eigenvalue weighted by Crippen LogP contribution is -1.80. The van der Waals surface area contributed by atoms with Crippen LogP contribution in [0.4, 0.5) is 0 Å². The molecule has 14 heavy (non-hydrogen) atoms. The van der Waals surface area contributed by atoms with Gasteiger partial charge in [-0.05, 0) is 35.3 Å². The smallest absolute Gasteiger partial charge is 0.0802 e. The van der Waals surface area contributed by atoms with Crippen LogP contribution in [0.1, 0.15) is 0 Å². The van der Waals surface area contributed by atoms with Crippen LogP contribution in [0.15, 0.2) is 40.7 Å². The Kier molecular flexibility index (Phi) is 2.72. The van der Waals surface area contributed by atoms with Gasteiger partial charge in [0.05, 0.1) is 14.8 Å². The van der Waals surface area contributed by atoms with E-state index >= 15 is 0 Å². The van der Waals surface area contributed by atoms with E-state index in [1.54, 1.807) is 18.3 Å². The molecule has 0 fully saturated rings. The molecular weight excluding hydrogens is 218 g/mol. The van der Waals surface area contributed by atoms with E-state index in [2.05, 4.69) is 4.98 Å². The minimum absolute atomic E-state index is 0.339.